The summed E-state index contributed by atoms with van der Waals surface area (Å²) >= 11 is 0. The first-order chi connectivity index (χ1) is 27.6. The lowest BCUT2D eigenvalue weighted by atomic mass is 9.64. The lowest BCUT2D eigenvalue weighted by Crippen LogP contribution is -2.36. The molecule has 1 aliphatic heterocycles. The Balaban J connectivity index is 1.08. The van der Waals surface area contributed by atoms with E-state index in [1.165, 1.54) is 22.3 Å². The predicted molar refractivity (Wildman–Crippen MR) is 229 cm³/mol. The average molecular weight is 717 g/mol. The normalized spacial score (nSPS) is 15.8. The van der Waals surface area contributed by atoms with Crippen LogP contribution >= 0.6 is 0 Å². The number of aliphatic imine (C=N–C) groups is 1. The molecular weight excluding hydrogens is 681 g/mol. The fourth-order valence-corrected chi connectivity index (χ4v) is 8.85. The molecule has 4 nitrogen and oxygen atoms in total. The van der Waals surface area contributed by atoms with Crippen LogP contribution in [0.2, 0.25) is 0 Å². The second kappa shape index (κ2) is 13.4. The number of rotatable bonds is 5. The number of nitriles is 1. The molecule has 0 saturated carbocycles. The Bertz CT molecular complexity index is 2790. The molecule has 7 aromatic carbocycles. The van der Waals surface area contributed by atoms with Crippen molar-refractivity contribution in [3.63, 3.8) is 0 Å². The Morgan fingerprint density at radius 1 is 0.589 bits per heavy atom. The van der Waals surface area contributed by atoms with Crippen molar-refractivity contribution in [2.24, 2.45) is 10.7 Å². The van der Waals surface area contributed by atoms with Gasteiger partial charge >= 0.3 is 0 Å². The van der Waals surface area contributed by atoms with E-state index in [9.17, 15) is 5.26 Å². The molecule has 1 heterocycles. The van der Waals surface area contributed by atoms with Gasteiger partial charge in [-0.3, -0.25) is 4.99 Å². The number of anilines is 3. The smallest absolute Gasteiger partial charge is 0.0991 e. The van der Waals surface area contributed by atoms with Crippen LogP contribution in [0.4, 0.5) is 17.1 Å². The summed E-state index contributed by atoms with van der Waals surface area (Å²) in [7, 11) is 0. The number of nitrogens with two attached hydrogens (primary N) is 1. The van der Waals surface area contributed by atoms with E-state index in [1.54, 1.807) is 0 Å². The maximum atomic E-state index is 10.2. The fraction of sp³-hybridized carbons (Fsp3) is 0.0385. The van der Waals surface area contributed by atoms with E-state index in [4.69, 9.17) is 10.7 Å². The zero-order valence-electron chi connectivity index (χ0n) is 30.6. The van der Waals surface area contributed by atoms with Gasteiger partial charge in [0, 0.05) is 17.0 Å². The third kappa shape index (κ3) is 5.17. The molecule has 4 heteroatoms. The molecule has 10 rings (SSSR count). The number of hydrogen-bond donors (Lipinski definition) is 1. The van der Waals surface area contributed by atoms with Gasteiger partial charge in [0.25, 0.3) is 0 Å². The molecule has 0 bridgehead atoms. The number of nitrogens with zero attached hydrogens (tertiary/aromatic N) is 3. The maximum absolute atomic E-state index is 10.2. The number of fused-ring (bicyclic) bond motifs is 9. The molecule has 1 spiro atoms. The van der Waals surface area contributed by atoms with Gasteiger partial charge in [0.2, 0.25) is 0 Å². The molecule has 0 atom stereocenters. The summed E-state index contributed by atoms with van der Waals surface area (Å²) in [6.07, 6.45) is 8.07. The van der Waals surface area contributed by atoms with Gasteiger partial charge in [-0.1, -0.05) is 146 Å². The van der Waals surface area contributed by atoms with E-state index in [2.05, 4.69) is 144 Å². The van der Waals surface area contributed by atoms with Crippen LogP contribution in [-0.2, 0) is 12.0 Å². The quantitative estimate of drug-likeness (QED) is 0.193. The van der Waals surface area contributed by atoms with Gasteiger partial charge in [-0.2, -0.15) is 5.26 Å². The molecule has 0 aromatic heterocycles. The summed E-state index contributed by atoms with van der Waals surface area (Å²) in [5, 5.41) is 10.2. The first-order valence-electron chi connectivity index (χ1n) is 18.9. The maximum Gasteiger partial charge on any atom is 0.0991 e. The minimum atomic E-state index is -0.642. The van der Waals surface area contributed by atoms with Crippen LogP contribution in [0, 0.1) is 11.3 Å². The summed E-state index contributed by atoms with van der Waals surface area (Å²) in [5.41, 5.74) is 24.0. The van der Waals surface area contributed by atoms with Crippen LogP contribution in [0.1, 0.15) is 38.9 Å². The second-order valence-electron chi connectivity index (χ2n) is 14.4. The van der Waals surface area contributed by atoms with Crippen molar-refractivity contribution >= 4 is 28.5 Å². The SMILES string of the molecule is N#Cc1ccc2c(c1)C1(c3cc(-c4ccc(C/N=C5/C=CC=C/C5=C(/N)c5ccccc5)cc4)ccc3-2)c2ccccc2N(c2ccccc2)c2ccccc21. The Kier molecular flexibility index (Phi) is 7.94. The summed E-state index contributed by atoms with van der Waals surface area (Å²) < 4.78 is 0. The molecule has 0 saturated heterocycles. The molecule has 0 unspecified atom stereocenters. The van der Waals surface area contributed by atoms with Crippen LogP contribution in [0.5, 0.6) is 0 Å². The first kappa shape index (κ1) is 33.1. The Morgan fingerprint density at radius 3 is 1.88 bits per heavy atom. The van der Waals surface area contributed by atoms with E-state index in [1.807, 2.05) is 60.7 Å². The van der Waals surface area contributed by atoms with E-state index in [-0.39, 0.29) is 0 Å². The summed E-state index contributed by atoms with van der Waals surface area (Å²) in [5.74, 6) is 0. The van der Waals surface area contributed by atoms with Gasteiger partial charge in [0.1, 0.15) is 0 Å². The van der Waals surface area contributed by atoms with Crippen molar-refractivity contribution in [3.05, 3.63) is 239 Å². The zero-order chi connectivity index (χ0) is 37.6. The third-order valence-corrected chi connectivity index (χ3v) is 11.4. The summed E-state index contributed by atoms with van der Waals surface area (Å²) in [6, 6.07) is 62.4. The fourth-order valence-electron chi connectivity index (χ4n) is 8.85. The summed E-state index contributed by atoms with van der Waals surface area (Å²) in [4.78, 5) is 7.39. The van der Waals surface area contributed by atoms with Crippen molar-refractivity contribution in [3.8, 4) is 28.3 Å². The molecule has 7 aromatic rings. The topological polar surface area (TPSA) is 65.4 Å². The van der Waals surface area contributed by atoms with Crippen molar-refractivity contribution in [1.82, 2.24) is 0 Å². The molecule has 0 amide bonds. The van der Waals surface area contributed by atoms with Crippen molar-refractivity contribution in [1.29, 1.82) is 5.26 Å². The molecule has 3 aliphatic rings. The van der Waals surface area contributed by atoms with E-state index < -0.39 is 5.41 Å². The molecule has 2 N–H and O–H groups in total. The van der Waals surface area contributed by atoms with Crippen molar-refractivity contribution in [2.75, 3.05) is 4.90 Å². The number of hydrogen-bond acceptors (Lipinski definition) is 4. The highest BCUT2D eigenvalue weighted by atomic mass is 15.2. The minimum Gasteiger partial charge on any atom is -0.398 e. The second-order valence-corrected chi connectivity index (χ2v) is 14.4. The highest BCUT2D eigenvalue weighted by Gasteiger charge is 2.51. The lowest BCUT2D eigenvalue weighted by molar-refractivity contribution is 0.752. The first-order valence-corrected chi connectivity index (χ1v) is 18.9. The molecule has 0 fully saturated rings. The molecule has 56 heavy (non-hydrogen) atoms. The van der Waals surface area contributed by atoms with Crippen molar-refractivity contribution in [2.45, 2.75) is 12.0 Å². The van der Waals surface area contributed by atoms with Gasteiger partial charge in [0.05, 0.1) is 40.7 Å². The number of benzene rings is 7. The Morgan fingerprint density at radius 2 is 1.18 bits per heavy atom. The predicted octanol–water partition coefficient (Wildman–Crippen LogP) is 11.8. The lowest BCUT2D eigenvalue weighted by Gasteiger charge is -2.45. The number of para-hydroxylation sites is 3. The molecule has 264 valence electrons. The Hall–Kier alpha value is -7.48. The van der Waals surface area contributed by atoms with Gasteiger partial charge in [-0.25, -0.2) is 0 Å². The van der Waals surface area contributed by atoms with Crippen LogP contribution in [0.15, 0.2) is 205 Å². The monoisotopic (exact) mass is 716 g/mol. The minimum absolute atomic E-state index is 0.536. The largest absolute Gasteiger partial charge is 0.398 e. The van der Waals surface area contributed by atoms with Crippen LogP contribution in [0.3, 0.4) is 0 Å². The zero-order valence-corrected chi connectivity index (χ0v) is 30.6. The number of allylic oxidation sites excluding steroid dienone is 5. The highest BCUT2D eigenvalue weighted by molar-refractivity contribution is 6.15. The van der Waals surface area contributed by atoms with E-state index >= 15 is 0 Å². The van der Waals surface area contributed by atoms with Gasteiger partial charge < -0.3 is 10.6 Å². The van der Waals surface area contributed by atoms with E-state index in [0.717, 1.165) is 67.4 Å². The van der Waals surface area contributed by atoms with Gasteiger partial charge in [-0.15, -0.1) is 0 Å². The third-order valence-electron chi connectivity index (χ3n) is 11.4. The Labute approximate surface area is 327 Å². The van der Waals surface area contributed by atoms with Crippen LogP contribution in [0.25, 0.3) is 28.0 Å². The van der Waals surface area contributed by atoms with Crippen molar-refractivity contribution < 1.29 is 0 Å². The standard InChI is InChI=1S/C52H36N4/c53-33-36-25-29-41-42-30-28-39(37-26-23-35(24-27-37)34-55-48-20-10-7-17-43(48)51(54)38-13-3-1-4-14-38)32-47(42)52(46(41)31-36)44-18-8-11-21-49(44)56(40-15-5-2-6-16-40)50-22-12-9-19-45(50)52/h1-32H,34,54H2/b51-43-,55-48-. The van der Waals surface area contributed by atoms with Crippen LogP contribution in [-0.4, -0.2) is 5.71 Å². The van der Waals surface area contributed by atoms with Crippen LogP contribution < -0.4 is 10.6 Å². The van der Waals surface area contributed by atoms with E-state index in [0.29, 0.717) is 12.1 Å². The summed E-state index contributed by atoms with van der Waals surface area (Å²) in [6.45, 7) is 0.536. The molecular formula is C52H36N4. The van der Waals surface area contributed by atoms with Gasteiger partial charge in [-0.05, 0) is 104 Å². The van der Waals surface area contributed by atoms with Gasteiger partial charge in [0.15, 0.2) is 0 Å². The molecule has 2 aliphatic carbocycles. The highest BCUT2D eigenvalue weighted by Crippen LogP contribution is 2.63. The molecule has 0 radical (unpaired) electrons. The average Bonchev–Trinajstić information content (AvgIpc) is 3.55.